The minimum absolute atomic E-state index is 0.176. The summed E-state index contributed by atoms with van der Waals surface area (Å²) >= 11 is 1.59. The average molecular weight is 448 g/mol. The number of nitrogens with one attached hydrogen (secondary N) is 1. The van der Waals surface area contributed by atoms with Gasteiger partial charge in [0.1, 0.15) is 6.54 Å². The summed E-state index contributed by atoms with van der Waals surface area (Å²) in [5.74, 6) is 0.0203. The van der Waals surface area contributed by atoms with Crippen molar-refractivity contribution in [3.63, 3.8) is 0 Å². The number of hydrogen-bond acceptors (Lipinski definition) is 4. The van der Waals surface area contributed by atoms with Crippen molar-refractivity contribution >= 4 is 33.8 Å². The first-order valence-corrected chi connectivity index (χ1v) is 11.5. The Labute approximate surface area is 189 Å². The molecule has 2 heterocycles. The number of fused-ring (bicyclic) bond motifs is 1. The van der Waals surface area contributed by atoms with Crippen LogP contribution in [-0.2, 0) is 24.3 Å². The van der Waals surface area contributed by atoms with Crippen LogP contribution in [0.5, 0.6) is 0 Å². The lowest BCUT2D eigenvalue weighted by Crippen LogP contribution is -2.42. The summed E-state index contributed by atoms with van der Waals surface area (Å²) in [5.41, 5.74) is 1.46. The standard InChI is InChI=1S/C25H25N3O3S/c1-17(2)18-7-5-8-19(15-18)26-23(29)16-28-22-11-4-3-10-21(22)24(30)27(25(28)31)13-12-20-9-6-14-32-20/h3-11,14-15,17H,12-13,16H2,1-2H3,(H,26,29). The van der Waals surface area contributed by atoms with Crippen LogP contribution < -0.4 is 16.6 Å². The van der Waals surface area contributed by atoms with Crippen LogP contribution in [0.4, 0.5) is 5.69 Å². The highest BCUT2D eigenvalue weighted by Crippen LogP contribution is 2.18. The number of amides is 1. The average Bonchev–Trinajstić information content (AvgIpc) is 3.30. The lowest BCUT2D eigenvalue weighted by molar-refractivity contribution is -0.116. The Morgan fingerprint density at radius 2 is 1.81 bits per heavy atom. The fourth-order valence-corrected chi connectivity index (χ4v) is 4.42. The van der Waals surface area contributed by atoms with E-state index in [1.807, 2.05) is 41.8 Å². The van der Waals surface area contributed by atoms with Gasteiger partial charge in [0.05, 0.1) is 10.9 Å². The van der Waals surface area contributed by atoms with Crippen molar-refractivity contribution in [1.82, 2.24) is 9.13 Å². The van der Waals surface area contributed by atoms with E-state index in [1.54, 1.807) is 35.6 Å². The molecular weight excluding hydrogens is 422 g/mol. The van der Waals surface area contributed by atoms with Crippen molar-refractivity contribution in [1.29, 1.82) is 0 Å². The highest BCUT2D eigenvalue weighted by Gasteiger charge is 2.16. The number of nitrogens with zero attached hydrogens (tertiary/aromatic N) is 2. The Morgan fingerprint density at radius 3 is 2.56 bits per heavy atom. The molecule has 32 heavy (non-hydrogen) atoms. The Morgan fingerprint density at radius 1 is 1.00 bits per heavy atom. The molecule has 1 N–H and O–H groups in total. The first-order chi connectivity index (χ1) is 15.4. The Hall–Kier alpha value is -3.45. The topological polar surface area (TPSA) is 73.1 Å². The van der Waals surface area contributed by atoms with Crippen LogP contribution in [0.15, 0.2) is 75.6 Å². The van der Waals surface area contributed by atoms with Gasteiger partial charge in [0.15, 0.2) is 0 Å². The summed E-state index contributed by atoms with van der Waals surface area (Å²) in [6, 6.07) is 18.5. The monoisotopic (exact) mass is 447 g/mol. The third-order valence-corrected chi connectivity index (χ3v) is 6.37. The maximum absolute atomic E-state index is 13.2. The van der Waals surface area contributed by atoms with Crippen LogP contribution >= 0.6 is 11.3 Å². The summed E-state index contributed by atoms with van der Waals surface area (Å²) < 4.78 is 2.61. The van der Waals surface area contributed by atoms with E-state index >= 15 is 0 Å². The van der Waals surface area contributed by atoms with Gasteiger partial charge in [-0.05, 0) is 53.6 Å². The molecule has 0 aliphatic rings. The van der Waals surface area contributed by atoms with E-state index in [-0.39, 0.29) is 24.6 Å². The maximum Gasteiger partial charge on any atom is 0.331 e. The number of aromatic nitrogens is 2. The predicted molar refractivity (Wildman–Crippen MR) is 130 cm³/mol. The van der Waals surface area contributed by atoms with Gasteiger partial charge in [-0.25, -0.2) is 4.79 Å². The van der Waals surface area contributed by atoms with E-state index in [0.717, 1.165) is 10.4 Å². The van der Waals surface area contributed by atoms with Crippen LogP contribution in [0, 0.1) is 0 Å². The highest BCUT2D eigenvalue weighted by molar-refractivity contribution is 7.09. The van der Waals surface area contributed by atoms with E-state index in [4.69, 9.17) is 0 Å². The number of aryl methyl sites for hydroxylation is 1. The number of carbonyl (C=O) groups excluding carboxylic acids is 1. The first kappa shape index (κ1) is 21.8. The molecule has 2 aromatic carbocycles. The predicted octanol–water partition coefficient (Wildman–Crippen LogP) is 4.23. The Kier molecular flexibility index (Phi) is 6.37. The number of rotatable bonds is 7. The maximum atomic E-state index is 13.2. The number of hydrogen-bond donors (Lipinski definition) is 1. The van der Waals surface area contributed by atoms with Gasteiger partial charge in [0.2, 0.25) is 5.91 Å². The minimum atomic E-state index is -0.476. The van der Waals surface area contributed by atoms with Gasteiger partial charge in [0, 0.05) is 17.1 Å². The molecule has 0 aliphatic heterocycles. The quantitative estimate of drug-likeness (QED) is 0.461. The SMILES string of the molecule is CC(C)c1cccc(NC(=O)Cn2c(=O)n(CCc3cccs3)c(=O)c3ccccc32)c1. The molecule has 0 spiro atoms. The summed E-state index contributed by atoms with van der Waals surface area (Å²) in [4.78, 5) is 40.2. The summed E-state index contributed by atoms with van der Waals surface area (Å²) in [6.07, 6.45) is 0.583. The zero-order valence-corrected chi connectivity index (χ0v) is 18.9. The number of anilines is 1. The zero-order chi connectivity index (χ0) is 22.7. The summed E-state index contributed by atoms with van der Waals surface area (Å²) in [6.45, 7) is 4.27. The molecule has 7 heteroatoms. The molecule has 4 rings (SSSR count). The number of carbonyl (C=O) groups is 1. The van der Waals surface area contributed by atoms with Crippen molar-refractivity contribution in [3.8, 4) is 0 Å². The largest absolute Gasteiger partial charge is 0.331 e. The fourth-order valence-electron chi connectivity index (χ4n) is 3.72. The molecule has 0 atom stereocenters. The third-order valence-electron chi connectivity index (χ3n) is 5.43. The molecular formula is C25H25N3O3S. The van der Waals surface area contributed by atoms with Crippen molar-refractivity contribution in [3.05, 3.63) is 97.3 Å². The van der Waals surface area contributed by atoms with E-state index in [0.29, 0.717) is 28.9 Å². The zero-order valence-electron chi connectivity index (χ0n) is 18.1. The minimum Gasteiger partial charge on any atom is -0.325 e. The molecule has 0 unspecified atom stereocenters. The smallest absolute Gasteiger partial charge is 0.325 e. The van der Waals surface area contributed by atoms with Crippen LogP contribution in [0.3, 0.4) is 0 Å². The van der Waals surface area contributed by atoms with Crippen molar-refractivity contribution < 1.29 is 4.79 Å². The molecule has 1 amide bonds. The van der Waals surface area contributed by atoms with Gasteiger partial charge in [-0.3, -0.25) is 18.7 Å². The van der Waals surface area contributed by atoms with Crippen LogP contribution in [0.25, 0.3) is 10.9 Å². The molecule has 0 fully saturated rings. The second-order valence-electron chi connectivity index (χ2n) is 8.00. The van der Waals surface area contributed by atoms with Gasteiger partial charge >= 0.3 is 5.69 Å². The van der Waals surface area contributed by atoms with Gasteiger partial charge in [-0.1, -0.05) is 44.2 Å². The van der Waals surface area contributed by atoms with Gasteiger partial charge < -0.3 is 5.32 Å². The fraction of sp³-hybridized carbons (Fsp3) is 0.240. The van der Waals surface area contributed by atoms with Gasteiger partial charge in [0.25, 0.3) is 5.56 Å². The summed E-state index contributed by atoms with van der Waals surface area (Å²) in [7, 11) is 0. The molecule has 0 aliphatic carbocycles. The van der Waals surface area contributed by atoms with E-state index < -0.39 is 5.69 Å². The highest BCUT2D eigenvalue weighted by atomic mass is 32.1. The van der Waals surface area contributed by atoms with E-state index in [2.05, 4.69) is 19.2 Å². The second-order valence-corrected chi connectivity index (χ2v) is 9.03. The summed E-state index contributed by atoms with van der Waals surface area (Å²) in [5, 5.41) is 5.27. The second kappa shape index (κ2) is 9.36. The van der Waals surface area contributed by atoms with Crippen molar-refractivity contribution in [2.75, 3.05) is 5.32 Å². The lowest BCUT2D eigenvalue weighted by atomic mass is 10.0. The molecule has 0 saturated carbocycles. The van der Waals surface area contributed by atoms with Crippen LogP contribution in [0.1, 0.15) is 30.2 Å². The number of para-hydroxylation sites is 1. The molecule has 4 aromatic rings. The third kappa shape index (κ3) is 4.57. The molecule has 0 radical (unpaired) electrons. The van der Waals surface area contributed by atoms with E-state index in [9.17, 15) is 14.4 Å². The molecule has 164 valence electrons. The van der Waals surface area contributed by atoms with Crippen LogP contribution in [-0.4, -0.2) is 15.0 Å². The normalized spacial score (nSPS) is 11.2. The van der Waals surface area contributed by atoms with Crippen molar-refractivity contribution in [2.24, 2.45) is 0 Å². The van der Waals surface area contributed by atoms with Crippen LogP contribution in [0.2, 0.25) is 0 Å². The Bertz CT molecular complexity index is 1370. The molecule has 2 aromatic heterocycles. The van der Waals surface area contributed by atoms with E-state index in [1.165, 1.54) is 9.13 Å². The number of thiophene rings is 1. The van der Waals surface area contributed by atoms with Gasteiger partial charge in [-0.15, -0.1) is 11.3 Å². The first-order valence-electron chi connectivity index (χ1n) is 10.6. The van der Waals surface area contributed by atoms with Crippen molar-refractivity contribution in [2.45, 2.75) is 39.3 Å². The number of benzene rings is 2. The van der Waals surface area contributed by atoms with Gasteiger partial charge in [-0.2, -0.15) is 0 Å². The molecule has 6 nitrogen and oxygen atoms in total. The molecule has 0 saturated heterocycles. The lowest BCUT2D eigenvalue weighted by Gasteiger charge is -2.14. The molecule has 0 bridgehead atoms. The Balaban J connectivity index is 1.66.